The van der Waals surface area contributed by atoms with Crippen LogP contribution in [0.25, 0.3) is 11.3 Å². The number of benzene rings is 1. The minimum absolute atomic E-state index is 0.0439. The number of H-pyrrole nitrogens is 1. The van der Waals surface area contributed by atoms with E-state index in [1.54, 1.807) is 30.6 Å². The Balaban J connectivity index is 1.82. The highest BCUT2D eigenvalue weighted by Gasteiger charge is 2.17. The number of hydrogen-bond acceptors (Lipinski definition) is 3. The van der Waals surface area contributed by atoms with Crippen LogP contribution in [0, 0.1) is 5.82 Å². The van der Waals surface area contributed by atoms with Crippen LogP contribution in [0.5, 0.6) is 0 Å². The Labute approximate surface area is 130 Å². The molecular weight excluding hydrogens is 307 g/mol. The Morgan fingerprint density at radius 3 is 2.73 bits per heavy atom. The summed E-state index contributed by atoms with van der Waals surface area (Å²) in [6, 6.07) is 9.30. The average molecular weight is 317 g/mol. The number of nitrogens with one attached hydrogen (secondary N) is 2. The lowest BCUT2D eigenvalue weighted by Crippen LogP contribution is -2.14. The van der Waals surface area contributed by atoms with Gasteiger partial charge in [-0.05, 0) is 24.3 Å². The van der Waals surface area contributed by atoms with Gasteiger partial charge in [0.15, 0.2) is 5.82 Å². The molecule has 0 saturated carbocycles. The largest absolute Gasteiger partial charge is 0.305 e. The number of anilines is 1. The molecule has 0 aliphatic carbocycles. The summed E-state index contributed by atoms with van der Waals surface area (Å²) in [6.07, 6.45) is 3.29. The van der Waals surface area contributed by atoms with E-state index in [0.717, 1.165) is 5.56 Å². The molecule has 22 heavy (non-hydrogen) atoms. The molecule has 0 unspecified atom stereocenters. The fourth-order valence-electron chi connectivity index (χ4n) is 1.96. The number of aromatic nitrogens is 3. The number of aromatic amines is 1. The normalized spacial score (nSPS) is 10.5. The van der Waals surface area contributed by atoms with Crippen molar-refractivity contribution < 1.29 is 9.18 Å². The van der Waals surface area contributed by atoms with E-state index in [1.165, 1.54) is 18.2 Å². The summed E-state index contributed by atoms with van der Waals surface area (Å²) in [7, 11) is 0. The number of carbonyl (C=O) groups is 1. The standard InChI is InChI=1S/C15H10ClFN4O/c16-10-2-1-3-11(17)14(10)15(22)19-13-8-12(20-21-13)9-4-6-18-7-5-9/h1-8H,(H2,19,20,21,22). The molecule has 1 aromatic carbocycles. The topological polar surface area (TPSA) is 70.7 Å². The molecule has 0 radical (unpaired) electrons. The van der Waals surface area contributed by atoms with Crippen molar-refractivity contribution in [1.29, 1.82) is 0 Å². The van der Waals surface area contributed by atoms with E-state index in [-0.39, 0.29) is 16.4 Å². The number of pyridine rings is 1. The Morgan fingerprint density at radius 2 is 2.00 bits per heavy atom. The maximum atomic E-state index is 13.7. The number of carbonyl (C=O) groups excluding carboxylic acids is 1. The van der Waals surface area contributed by atoms with E-state index in [0.29, 0.717) is 5.69 Å². The molecule has 110 valence electrons. The lowest BCUT2D eigenvalue weighted by molar-refractivity contribution is 0.102. The van der Waals surface area contributed by atoms with E-state index < -0.39 is 11.7 Å². The van der Waals surface area contributed by atoms with Crippen molar-refractivity contribution in [3.63, 3.8) is 0 Å². The minimum atomic E-state index is -0.685. The van der Waals surface area contributed by atoms with E-state index in [2.05, 4.69) is 20.5 Å². The average Bonchev–Trinajstić information content (AvgIpc) is 2.96. The molecule has 3 aromatic rings. The number of hydrogen-bond donors (Lipinski definition) is 2. The first-order valence-corrected chi connectivity index (χ1v) is 6.74. The second kappa shape index (κ2) is 5.95. The van der Waals surface area contributed by atoms with Crippen LogP contribution in [0.1, 0.15) is 10.4 Å². The van der Waals surface area contributed by atoms with Crippen LogP contribution in [0.4, 0.5) is 10.2 Å². The van der Waals surface area contributed by atoms with Crippen LogP contribution in [0.15, 0.2) is 48.8 Å². The van der Waals surface area contributed by atoms with Crippen LogP contribution in [0.2, 0.25) is 5.02 Å². The minimum Gasteiger partial charge on any atom is -0.305 e. The maximum Gasteiger partial charge on any atom is 0.261 e. The first-order chi connectivity index (χ1) is 10.6. The van der Waals surface area contributed by atoms with Crippen LogP contribution in [0.3, 0.4) is 0 Å². The van der Waals surface area contributed by atoms with Gasteiger partial charge >= 0.3 is 0 Å². The first kappa shape index (κ1) is 14.2. The molecule has 0 bridgehead atoms. The summed E-state index contributed by atoms with van der Waals surface area (Å²) in [5.41, 5.74) is 1.36. The van der Waals surface area contributed by atoms with Crippen molar-refractivity contribution in [2.45, 2.75) is 0 Å². The molecule has 3 rings (SSSR count). The van der Waals surface area contributed by atoms with Gasteiger partial charge < -0.3 is 5.32 Å². The molecule has 0 atom stereocenters. The molecule has 0 aliphatic rings. The molecule has 0 fully saturated rings. The summed E-state index contributed by atoms with van der Waals surface area (Å²) >= 11 is 5.86. The second-order valence-corrected chi connectivity index (χ2v) is 4.86. The predicted octanol–water partition coefficient (Wildman–Crippen LogP) is 3.52. The van der Waals surface area contributed by atoms with Crippen molar-refractivity contribution >= 4 is 23.3 Å². The highest BCUT2D eigenvalue weighted by atomic mass is 35.5. The molecule has 1 amide bonds. The highest BCUT2D eigenvalue weighted by Crippen LogP contribution is 2.22. The van der Waals surface area contributed by atoms with Crippen molar-refractivity contribution in [2.24, 2.45) is 0 Å². The molecule has 5 nitrogen and oxygen atoms in total. The molecular formula is C15H10ClFN4O. The predicted molar refractivity (Wildman–Crippen MR) is 81.2 cm³/mol. The quantitative estimate of drug-likeness (QED) is 0.776. The van der Waals surface area contributed by atoms with Crippen molar-refractivity contribution in [3.8, 4) is 11.3 Å². The van der Waals surface area contributed by atoms with Crippen LogP contribution in [-0.2, 0) is 0 Å². The van der Waals surface area contributed by atoms with Crippen molar-refractivity contribution in [3.05, 3.63) is 65.2 Å². The zero-order valence-electron chi connectivity index (χ0n) is 11.2. The lowest BCUT2D eigenvalue weighted by atomic mass is 10.2. The van der Waals surface area contributed by atoms with Crippen molar-refractivity contribution in [1.82, 2.24) is 15.2 Å². The van der Waals surface area contributed by atoms with Gasteiger partial charge in [-0.3, -0.25) is 14.9 Å². The first-order valence-electron chi connectivity index (χ1n) is 6.36. The summed E-state index contributed by atoms with van der Waals surface area (Å²) in [5.74, 6) is -1.07. The highest BCUT2D eigenvalue weighted by molar-refractivity contribution is 6.34. The Bertz CT molecular complexity index is 799. The third-order valence-corrected chi connectivity index (χ3v) is 3.32. The van der Waals surface area contributed by atoms with E-state index >= 15 is 0 Å². The summed E-state index contributed by atoms with van der Waals surface area (Å²) in [4.78, 5) is 16.0. The SMILES string of the molecule is O=C(Nc1cc(-c2ccncc2)[nH]n1)c1c(F)cccc1Cl. The van der Waals surface area contributed by atoms with Crippen LogP contribution < -0.4 is 5.32 Å². The summed E-state index contributed by atoms with van der Waals surface area (Å²) in [5, 5.41) is 9.32. The number of amides is 1. The van der Waals surface area contributed by atoms with Gasteiger partial charge in [0.1, 0.15) is 5.82 Å². The lowest BCUT2D eigenvalue weighted by Gasteiger charge is -2.04. The summed E-state index contributed by atoms with van der Waals surface area (Å²) < 4.78 is 13.7. The number of nitrogens with zero attached hydrogens (tertiary/aromatic N) is 2. The van der Waals surface area contributed by atoms with Gasteiger partial charge in [-0.1, -0.05) is 17.7 Å². The fraction of sp³-hybridized carbons (Fsp3) is 0. The molecule has 0 spiro atoms. The molecule has 0 aliphatic heterocycles. The van der Waals surface area contributed by atoms with Crippen LogP contribution in [-0.4, -0.2) is 21.1 Å². The third kappa shape index (κ3) is 2.82. The van der Waals surface area contributed by atoms with Gasteiger partial charge in [0.25, 0.3) is 5.91 Å². The fourth-order valence-corrected chi connectivity index (χ4v) is 2.21. The Morgan fingerprint density at radius 1 is 1.23 bits per heavy atom. The van der Waals surface area contributed by atoms with E-state index in [1.807, 2.05) is 0 Å². The third-order valence-electron chi connectivity index (χ3n) is 3.00. The van der Waals surface area contributed by atoms with Gasteiger partial charge in [0, 0.05) is 24.0 Å². The Hall–Kier alpha value is -2.73. The van der Waals surface area contributed by atoms with Gasteiger partial charge in [0.2, 0.25) is 0 Å². The smallest absolute Gasteiger partial charge is 0.261 e. The molecule has 2 heterocycles. The van der Waals surface area contributed by atoms with E-state index in [9.17, 15) is 9.18 Å². The van der Waals surface area contributed by atoms with Crippen LogP contribution >= 0.6 is 11.6 Å². The molecule has 0 saturated heterocycles. The van der Waals surface area contributed by atoms with Gasteiger partial charge in [-0.15, -0.1) is 0 Å². The monoisotopic (exact) mass is 316 g/mol. The zero-order valence-corrected chi connectivity index (χ0v) is 11.9. The molecule has 2 N–H and O–H groups in total. The summed E-state index contributed by atoms with van der Waals surface area (Å²) in [6.45, 7) is 0. The number of halogens is 2. The van der Waals surface area contributed by atoms with Gasteiger partial charge in [-0.2, -0.15) is 5.10 Å². The second-order valence-electron chi connectivity index (χ2n) is 4.45. The van der Waals surface area contributed by atoms with Gasteiger partial charge in [-0.25, -0.2) is 4.39 Å². The van der Waals surface area contributed by atoms with E-state index in [4.69, 9.17) is 11.6 Å². The Kier molecular flexibility index (Phi) is 3.84. The molecule has 7 heteroatoms. The maximum absolute atomic E-state index is 13.7. The number of rotatable bonds is 3. The molecule has 2 aromatic heterocycles. The van der Waals surface area contributed by atoms with Gasteiger partial charge in [0.05, 0.1) is 16.3 Å². The zero-order chi connectivity index (χ0) is 15.5. The van der Waals surface area contributed by atoms with Crippen molar-refractivity contribution in [2.75, 3.05) is 5.32 Å².